The second-order valence-electron chi connectivity index (χ2n) is 5.86. The fourth-order valence-corrected chi connectivity index (χ4v) is 2.92. The van der Waals surface area contributed by atoms with E-state index in [0.29, 0.717) is 27.4 Å². The van der Waals surface area contributed by atoms with Crippen molar-refractivity contribution in [2.24, 2.45) is 0 Å². The highest BCUT2D eigenvalue weighted by molar-refractivity contribution is 6.30. The third-order valence-electron chi connectivity index (χ3n) is 4.04. The molecule has 1 amide bonds. The van der Waals surface area contributed by atoms with Gasteiger partial charge in [0.05, 0.1) is 16.8 Å². The van der Waals surface area contributed by atoms with E-state index in [1.54, 1.807) is 30.3 Å². The summed E-state index contributed by atoms with van der Waals surface area (Å²) >= 11 is 5.99. The summed E-state index contributed by atoms with van der Waals surface area (Å²) in [7, 11) is 0. The first kappa shape index (κ1) is 16.9. The molecule has 0 saturated heterocycles. The van der Waals surface area contributed by atoms with Gasteiger partial charge in [0.15, 0.2) is 5.82 Å². The maximum Gasteiger partial charge on any atom is 0.258 e. The van der Waals surface area contributed by atoms with Crippen LogP contribution >= 0.6 is 11.6 Å². The number of phenols is 1. The maximum absolute atomic E-state index is 12.6. The standard InChI is InChI=1S/C19H13ClN4O3/c20-12-2-1-3-13(8-12)24-10-11(4-7-17(24)26)19(27)21-18-15-6-5-14(25)9-16(15)22-23-18/h1-10,25H,(H2,21,22,23,27). The van der Waals surface area contributed by atoms with Gasteiger partial charge in [-0.15, -0.1) is 0 Å². The number of aromatic nitrogens is 3. The summed E-state index contributed by atoms with van der Waals surface area (Å²) in [6, 6.07) is 14.2. The molecular weight excluding hydrogens is 368 g/mol. The highest BCUT2D eigenvalue weighted by Crippen LogP contribution is 2.24. The van der Waals surface area contributed by atoms with Crippen LogP contribution in [-0.2, 0) is 0 Å². The van der Waals surface area contributed by atoms with Crippen LogP contribution in [0.15, 0.2) is 65.6 Å². The lowest BCUT2D eigenvalue weighted by molar-refractivity contribution is 0.102. The van der Waals surface area contributed by atoms with E-state index in [1.165, 1.54) is 35.0 Å². The van der Waals surface area contributed by atoms with E-state index in [-0.39, 0.29) is 16.9 Å². The van der Waals surface area contributed by atoms with Gasteiger partial charge in [0.2, 0.25) is 0 Å². The van der Waals surface area contributed by atoms with Gasteiger partial charge in [-0.05, 0) is 36.4 Å². The van der Waals surface area contributed by atoms with Crippen LogP contribution in [0.1, 0.15) is 10.4 Å². The monoisotopic (exact) mass is 380 g/mol. The average molecular weight is 381 g/mol. The van der Waals surface area contributed by atoms with Crippen LogP contribution in [0.5, 0.6) is 5.75 Å². The van der Waals surface area contributed by atoms with Gasteiger partial charge in [0, 0.05) is 28.7 Å². The molecule has 0 saturated carbocycles. The summed E-state index contributed by atoms with van der Waals surface area (Å²) < 4.78 is 1.35. The minimum atomic E-state index is -0.424. The smallest absolute Gasteiger partial charge is 0.258 e. The lowest BCUT2D eigenvalue weighted by Gasteiger charge is -2.09. The number of halogens is 1. The number of benzene rings is 2. The Morgan fingerprint density at radius 2 is 2.00 bits per heavy atom. The molecule has 4 rings (SSSR count). The molecule has 0 aliphatic carbocycles. The molecule has 134 valence electrons. The molecule has 3 N–H and O–H groups in total. The number of nitrogens with one attached hydrogen (secondary N) is 2. The summed E-state index contributed by atoms with van der Waals surface area (Å²) in [6.45, 7) is 0. The topological polar surface area (TPSA) is 100 Å². The molecule has 2 aromatic carbocycles. The molecule has 0 fully saturated rings. The van der Waals surface area contributed by atoms with Crippen molar-refractivity contribution in [1.29, 1.82) is 0 Å². The number of phenolic OH excluding ortho intramolecular Hbond substituents is 1. The molecule has 2 heterocycles. The molecule has 0 radical (unpaired) electrons. The van der Waals surface area contributed by atoms with Gasteiger partial charge in [0.25, 0.3) is 11.5 Å². The summed E-state index contributed by atoms with van der Waals surface area (Å²) in [5, 5.41) is 20.2. The van der Waals surface area contributed by atoms with Crippen LogP contribution in [-0.4, -0.2) is 25.8 Å². The van der Waals surface area contributed by atoms with Crippen molar-refractivity contribution in [1.82, 2.24) is 14.8 Å². The fraction of sp³-hybridized carbons (Fsp3) is 0. The van der Waals surface area contributed by atoms with Crippen LogP contribution in [0, 0.1) is 0 Å². The summed E-state index contributed by atoms with van der Waals surface area (Å²) in [5.74, 6) is 0.000355. The van der Waals surface area contributed by atoms with Crippen LogP contribution in [0.3, 0.4) is 0 Å². The molecule has 0 aliphatic rings. The number of pyridine rings is 1. The first-order chi connectivity index (χ1) is 13.0. The van der Waals surface area contributed by atoms with Gasteiger partial charge in [-0.2, -0.15) is 5.10 Å². The Hall–Kier alpha value is -3.58. The zero-order valence-corrected chi connectivity index (χ0v) is 14.6. The van der Waals surface area contributed by atoms with Crippen molar-refractivity contribution in [3.05, 3.63) is 81.7 Å². The highest BCUT2D eigenvalue weighted by atomic mass is 35.5. The van der Waals surface area contributed by atoms with E-state index >= 15 is 0 Å². The van der Waals surface area contributed by atoms with E-state index in [9.17, 15) is 14.7 Å². The summed E-state index contributed by atoms with van der Waals surface area (Å²) in [5.41, 5.74) is 1.15. The molecule has 8 heteroatoms. The third-order valence-corrected chi connectivity index (χ3v) is 4.27. The van der Waals surface area contributed by atoms with Crippen molar-refractivity contribution < 1.29 is 9.90 Å². The Morgan fingerprint density at radius 1 is 1.15 bits per heavy atom. The van der Waals surface area contributed by atoms with E-state index in [2.05, 4.69) is 15.5 Å². The van der Waals surface area contributed by atoms with E-state index in [1.807, 2.05) is 0 Å². The van der Waals surface area contributed by atoms with Crippen molar-refractivity contribution in [2.75, 3.05) is 5.32 Å². The van der Waals surface area contributed by atoms with Gasteiger partial charge in [-0.1, -0.05) is 17.7 Å². The predicted octanol–water partition coefficient (Wildman–Crippen LogP) is 3.33. The molecule has 2 aromatic heterocycles. The average Bonchev–Trinajstić information content (AvgIpc) is 3.03. The number of hydrogen-bond acceptors (Lipinski definition) is 4. The number of amides is 1. The Bertz CT molecular complexity index is 1230. The lowest BCUT2D eigenvalue weighted by atomic mass is 10.2. The zero-order chi connectivity index (χ0) is 19.0. The quantitative estimate of drug-likeness (QED) is 0.507. The molecular formula is C19H13ClN4O3. The fourth-order valence-electron chi connectivity index (χ4n) is 2.73. The van der Waals surface area contributed by atoms with Crippen LogP contribution in [0.25, 0.3) is 16.6 Å². The number of aromatic amines is 1. The number of anilines is 1. The van der Waals surface area contributed by atoms with Crippen LogP contribution in [0.2, 0.25) is 5.02 Å². The van der Waals surface area contributed by atoms with E-state index in [4.69, 9.17) is 11.6 Å². The largest absolute Gasteiger partial charge is 0.508 e. The second kappa shape index (κ2) is 6.62. The van der Waals surface area contributed by atoms with Gasteiger partial charge < -0.3 is 10.4 Å². The molecule has 0 spiro atoms. The number of carbonyl (C=O) groups is 1. The molecule has 0 bridgehead atoms. The molecule has 0 atom stereocenters. The number of fused-ring (bicyclic) bond motifs is 1. The molecule has 7 nitrogen and oxygen atoms in total. The predicted molar refractivity (Wildman–Crippen MR) is 103 cm³/mol. The Labute approximate surface area is 157 Å². The normalized spacial score (nSPS) is 10.9. The van der Waals surface area contributed by atoms with Gasteiger partial charge >= 0.3 is 0 Å². The van der Waals surface area contributed by atoms with Crippen molar-refractivity contribution >= 4 is 34.2 Å². The van der Waals surface area contributed by atoms with Gasteiger partial charge in [0.1, 0.15) is 5.75 Å². The van der Waals surface area contributed by atoms with Gasteiger partial charge in [-0.25, -0.2) is 0 Å². The Morgan fingerprint density at radius 3 is 2.81 bits per heavy atom. The Kier molecular flexibility index (Phi) is 4.13. The number of rotatable bonds is 3. The summed E-state index contributed by atoms with van der Waals surface area (Å²) in [4.78, 5) is 24.8. The zero-order valence-electron chi connectivity index (χ0n) is 13.8. The lowest BCUT2D eigenvalue weighted by Crippen LogP contribution is -2.21. The highest BCUT2D eigenvalue weighted by Gasteiger charge is 2.13. The minimum Gasteiger partial charge on any atom is -0.508 e. The Balaban J connectivity index is 1.68. The SMILES string of the molecule is O=C(Nc1n[nH]c2cc(O)ccc12)c1ccc(=O)n(-c2cccc(Cl)c2)c1. The summed E-state index contributed by atoms with van der Waals surface area (Å²) in [6.07, 6.45) is 1.45. The van der Waals surface area contributed by atoms with E-state index < -0.39 is 5.91 Å². The maximum atomic E-state index is 12.6. The van der Waals surface area contributed by atoms with E-state index in [0.717, 1.165) is 0 Å². The number of carbonyl (C=O) groups excluding carboxylic acids is 1. The third kappa shape index (κ3) is 3.28. The first-order valence-electron chi connectivity index (χ1n) is 7.98. The number of nitrogens with zero attached hydrogens (tertiary/aromatic N) is 2. The van der Waals surface area contributed by atoms with Crippen molar-refractivity contribution in [3.63, 3.8) is 0 Å². The minimum absolute atomic E-state index is 0.0950. The van der Waals surface area contributed by atoms with Crippen molar-refractivity contribution in [2.45, 2.75) is 0 Å². The van der Waals surface area contributed by atoms with Crippen molar-refractivity contribution in [3.8, 4) is 11.4 Å². The first-order valence-corrected chi connectivity index (χ1v) is 8.36. The molecule has 0 aliphatic heterocycles. The van der Waals surface area contributed by atoms with Crippen LogP contribution < -0.4 is 10.9 Å². The van der Waals surface area contributed by atoms with Gasteiger partial charge in [-0.3, -0.25) is 19.3 Å². The molecule has 4 aromatic rings. The molecule has 27 heavy (non-hydrogen) atoms. The molecule has 0 unspecified atom stereocenters. The second-order valence-corrected chi connectivity index (χ2v) is 6.30. The number of aromatic hydroxyl groups is 1. The number of H-pyrrole nitrogens is 1. The number of hydrogen-bond donors (Lipinski definition) is 3. The van der Waals surface area contributed by atoms with Crippen LogP contribution in [0.4, 0.5) is 5.82 Å².